The number of nitrogens with zero attached hydrogens (tertiary/aromatic N) is 3. The number of oxazole rings is 1. The Bertz CT molecular complexity index is 1730. The van der Waals surface area contributed by atoms with Crippen LogP contribution >= 0.6 is 11.3 Å². The molecule has 11 nitrogen and oxygen atoms in total. The number of aliphatic hydroxyl groups excluding tert-OH is 1. The van der Waals surface area contributed by atoms with Gasteiger partial charge >= 0.3 is 5.69 Å². The number of aliphatic hydroxyl groups is 1. The van der Waals surface area contributed by atoms with Crippen molar-refractivity contribution >= 4 is 27.5 Å². The highest BCUT2D eigenvalue weighted by atomic mass is 32.1. The number of hydrogen-bond acceptors (Lipinski definition) is 9. The molecule has 1 aromatic carbocycles. The molecule has 0 saturated heterocycles. The van der Waals surface area contributed by atoms with Gasteiger partial charge in [-0.1, -0.05) is 18.2 Å². The van der Waals surface area contributed by atoms with Crippen molar-refractivity contribution in [2.45, 2.75) is 96.8 Å². The monoisotopic (exact) mass is 610 g/mol. The van der Waals surface area contributed by atoms with Crippen LogP contribution in [0.2, 0.25) is 0 Å². The molecule has 12 heteroatoms. The van der Waals surface area contributed by atoms with Gasteiger partial charge in [-0.2, -0.15) is 0 Å². The number of benzene rings is 1. The molecule has 1 fully saturated rings. The molecule has 1 amide bonds. The summed E-state index contributed by atoms with van der Waals surface area (Å²) in [6, 6.07) is 7.53. The number of primary amides is 1. The molecule has 0 aliphatic heterocycles. The fraction of sp³-hybridized carbons (Fsp3) is 0.484. The van der Waals surface area contributed by atoms with E-state index in [9.17, 15) is 19.5 Å². The first-order chi connectivity index (χ1) is 20.4. The van der Waals surface area contributed by atoms with E-state index in [-0.39, 0.29) is 30.2 Å². The maximum atomic E-state index is 14.3. The molecule has 1 saturated carbocycles. The van der Waals surface area contributed by atoms with E-state index in [0.29, 0.717) is 52.6 Å². The van der Waals surface area contributed by atoms with E-state index >= 15 is 0 Å². The average Bonchev–Trinajstić information content (AvgIpc) is 3.59. The second-order valence-corrected chi connectivity index (χ2v) is 12.8. The number of ether oxygens (including phenoxy) is 2. The highest BCUT2D eigenvalue weighted by Crippen LogP contribution is 2.38. The summed E-state index contributed by atoms with van der Waals surface area (Å²) >= 11 is 1.22. The van der Waals surface area contributed by atoms with Crippen LogP contribution in [0.15, 0.2) is 50.7 Å². The SMILES string of the molecule is Cc1c(-c2ncco2)sc2c1c(=O)n(C(C)(C)C(N)=O)c(=O)n2C[C@H](O[C@H]1CC[C@@H](O)CC1)c1ccccc1OC(C)C. The van der Waals surface area contributed by atoms with Crippen LogP contribution < -0.4 is 21.7 Å². The Kier molecular flexibility index (Phi) is 8.64. The minimum atomic E-state index is -1.61. The van der Waals surface area contributed by atoms with Crippen LogP contribution in [0.3, 0.4) is 0 Å². The summed E-state index contributed by atoms with van der Waals surface area (Å²) in [6.45, 7) is 8.57. The van der Waals surface area contributed by atoms with Gasteiger partial charge < -0.3 is 24.7 Å². The first kappa shape index (κ1) is 30.7. The maximum absolute atomic E-state index is 14.3. The normalized spacial score (nSPS) is 18.3. The first-order valence-corrected chi connectivity index (χ1v) is 15.3. The lowest BCUT2D eigenvalue weighted by atomic mass is 9.94. The lowest BCUT2D eigenvalue weighted by Gasteiger charge is -2.31. The third-order valence-corrected chi connectivity index (χ3v) is 9.28. The molecule has 3 heterocycles. The Morgan fingerprint density at radius 2 is 1.91 bits per heavy atom. The molecular formula is C31H38N4O7S. The summed E-state index contributed by atoms with van der Waals surface area (Å²) in [5.74, 6) is 0.126. The van der Waals surface area contributed by atoms with Crippen LogP contribution in [0.1, 0.15) is 70.6 Å². The van der Waals surface area contributed by atoms with Crippen molar-refractivity contribution in [2.75, 3.05) is 0 Å². The standard InChI is InChI=1S/C31H38N4O7S/c1-17(2)41-22-9-7-6-8-21(22)23(42-20-12-10-19(36)11-13-20)16-34-28-24(18(3)25(43-28)26-33-14-15-40-26)27(37)35(30(34)39)31(4,5)29(32)38/h6-9,14-15,17,19-20,23,36H,10-13,16H2,1-5H3,(H2,32,38)/t19-,20+,23-/m0/s1. The fourth-order valence-electron chi connectivity index (χ4n) is 5.55. The number of hydrogen-bond donors (Lipinski definition) is 2. The van der Waals surface area contributed by atoms with Crippen LogP contribution in [0.25, 0.3) is 21.0 Å². The molecule has 230 valence electrons. The summed E-state index contributed by atoms with van der Waals surface area (Å²) in [5.41, 5.74) is 4.13. The minimum absolute atomic E-state index is 0.0208. The molecule has 4 aromatic rings. The number of carbonyl (C=O) groups is 1. The largest absolute Gasteiger partial charge is 0.491 e. The van der Waals surface area contributed by atoms with Crippen molar-refractivity contribution in [1.82, 2.24) is 14.1 Å². The van der Waals surface area contributed by atoms with Gasteiger partial charge in [0.05, 0.1) is 41.3 Å². The first-order valence-electron chi connectivity index (χ1n) is 14.5. The van der Waals surface area contributed by atoms with Gasteiger partial charge in [-0.25, -0.2) is 14.3 Å². The smallest absolute Gasteiger partial charge is 0.333 e. The number of carbonyl (C=O) groups excluding carboxylic acids is 1. The lowest BCUT2D eigenvalue weighted by molar-refractivity contribution is -0.125. The number of thiophene rings is 1. The number of para-hydroxylation sites is 1. The highest BCUT2D eigenvalue weighted by Gasteiger charge is 2.35. The zero-order valence-corrected chi connectivity index (χ0v) is 25.8. The molecule has 5 rings (SSSR count). The summed E-state index contributed by atoms with van der Waals surface area (Å²) in [6.07, 6.45) is 4.22. The van der Waals surface area contributed by atoms with Gasteiger partial charge in [0.2, 0.25) is 11.8 Å². The van der Waals surface area contributed by atoms with E-state index in [0.717, 1.165) is 10.1 Å². The molecule has 3 N–H and O–H groups in total. The molecule has 1 aliphatic rings. The van der Waals surface area contributed by atoms with Crippen LogP contribution in [-0.2, 0) is 21.6 Å². The molecular weight excluding hydrogens is 572 g/mol. The van der Waals surface area contributed by atoms with Crippen LogP contribution in [-0.4, -0.2) is 43.4 Å². The highest BCUT2D eigenvalue weighted by molar-refractivity contribution is 7.22. The Labute approximate surface area is 252 Å². The van der Waals surface area contributed by atoms with Crippen molar-refractivity contribution in [3.63, 3.8) is 0 Å². The van der Waals surface area contributed by atoms with Crippen LogP contribution in [0.4, 0.5) is 0 Å². The fourth-order valence-corrected chi connectivity index (χ4v) is 6.79. The second kappa shape index (κ2) is 12.1. The van der Waals surface area contributed by atoms with Crippen LogP contribution in [0.5, 0.6) is 5.75 Å². The third-order valence-electron chi connectivity index (χ3n) is 7.98. The number of amides is 1. The topological polar surface area (TPSA) is 152 Å². The minimum Gasteiger partial charge on any atom is -0.491 e. The maximum Gasteiger partial charge on any atom is 0.333 e. The Morgan fingerprint density at radius 3 is 2.53 bits per heavy atom. The second-order valence-electron chi connectivity index (χ2n) is 11.8. The molecule has 1 atom stereocenters. The Hall–Kier alpha value is -3.74. The summed E-state index contributed by atoms with van der Waals surface area (Å²) < 4.78 is 20.8. The third kappa shape index (κ3) is 5.91. The quantitative estimate of drug-likeness (QED) is 0.270. The van der Waals surface area contributed by atoms with E-state index in [1.807, 2.05) is 38.1 Å². The predicted molar refractivity (Wildman–Crippen MR) is 163 cm³/mol. The number of fused-ring (bicyclic) bond motifs is 1. The van der Waals surface area contributed by atoms with E-state index in [1.165, 1.54) is 42.2 Å². The van der Waals surface area contributed by atoms with E-state index in [4.69, 9.17) is 19.6 Å². The summed E-state index contributed by atoms with van der Waals surface area (Å²) in [7, 11) is 0. The van der Waals surface area contributed by atoms with Crippen molar-refractivity contribution in [1.29, 1.82) is 0 Å². The van der Waals surface area contributed by atoms with Gasteiger partial charge in [0.25, 0.3) is 5.56 Å². The van der Waals surface area contributed by atoms with E-state index in [2.05, 4.69) is 4.98 Å². The Morgan fingerprint density at radius 1 is 1.21 bits per heavy atom. The van der Waals surface area contributed by atoms with Gasteiger partial charge in [0.1, 0.15) is 28.5 Å². The van der Waals surface area contributed by atoms with Crippen molar-refractivity contribution < 1.29 is 23.8 Å². The predicted octanol–water partition coefficient (Wildman–Crippen LogP) is 4.26. The van der Waals surface area contributed by atoms with Crippen molar-refractivity contribution in [3.05, 3.63) is 68.7 Å². The average molecular weight is 611 g/mol. The molecule has 0 unspecified atom stereocenters. The number of nitrogens with two attached hydrogens (primary N) is 1. The molecule has 0 spiro atoms. The van der Waals surface area contributed by atoms with Crippen LogP contribution in [0, 0.1) is 6.92 Å². The molecule has 0 bridgehead atoms. The van der Waals surface area contributed by atoms with E-state index < -0.39 is 28.8 Å². The number of aromatic nitrogens is 3. The Balaban J connectivity index is 1.74. The van der Waals surface area contributed by atoms with Gasteiger partial charge in [0.15, 0.2) is 0 Å². The van der Waals surface area contributed by atoms with Gasteiger partial charge in [-0.15, -0.1) is 11.3 Å². The molecule has 1 aliphatic carbocycles. The van der Waals surface area contributed by atoms with Gasteiger partial charge in [0, 0.05) is 5.56 Å². The number of aryl methyl sites for hydroxylation is 1. The zero-order valence-electron chi connectivity index (χ0n) is 25.0. The summed E-state index contributed by atoms with van der Waals surface area (Å²) in [5, 5.41) is 10.4. The van der Waals surface area contributed by atoms with E-state index in [1.54, 1.807) is 6.92 Å². The molecule has 0 radical (unpaired) electrons. The molecule has 43 heavy (non-hydrogen) atoms. The van der Waals surface area contributed by atoms with Gasteiger partial charge in [-0.3, -0.25) is 14.2 Å². The number of rotatable bonds is 10. The van der Waals surface area contributed by atoms with Crippen molar-refractivity contribution in [3.8, 4) is 16.5 Å². The zero-order chi connectivity index (χ0) is 31.1. The van der Waals surface area contributed by atoms with Crippen molar-refractivity contribution in [2.24, 2.45) is 5.73 Å². The summed E-state index contributed by atoms with van der Waals surface area (Å²) in [4.78, 5) is 46.1. The molecule has 3 aromatic heterocycles. The lowest BCUT2D eigenvalue weighted by Crippen LogP contribution is -2.54. The van der Waals surface area contributed by atoms with Gasteiger partial charge in [-0.05, 0) is 71.9 Å².